The van der Waals surface area contributed by atoms with Crippen LogP contribution in [-0.2, 0) is 0 Å². The molecule has 1 rings (SSSR count). The van der Waals surface area contributed by atoms with E-state index in [0.717, 1.165) is 0 Å². The summed E-state index contributed by atoms with van der Waals surface area (Å²) in [7, 11) is 0. The number of aromatic nitrogens is 3. The van der Waals surface area contributed by atoms with Crippen LogP contribution in [0.4, 0.5) is 0 Å². The zero-order valence-electron chi connectivity index (χ0n) is 6.08. The number of rotatable bonds is 0. The summed E-state index contributed by atoms with van der Waals surface area (Å²) in [6.45, 7) is 1.81. The Balaban J connectivity index is 3.21. The molecule has 0 aliphatic heterocycles. The fourth-order valence-corrected chi connectivity index (χ4v) is 0.669. The summed E-state index contributed by atoms with van der Waals surface area (Å²) in [5, 5.41) is 0.523. The van der Waals surface area contributed by atoms with Gasteiger partial charge < -0.3 is 4.98 Å². The summed E-state index contributed by atoms with van der Waals surface area (Å²) in [6.07, 6.45) is 3.15. The molecule has 0 radical (unpaired) electrons. The van der Waals surface area contributed by atoms with Crippen molar-refractivity contribution in [3.63, 3.8) is 0 Å². The maximum Gasteiger partial charge on any atom is 0.126 e. The van der Waals surface area contributed by atoms with E-state index in [1.807, 2.05) is 6.92 Å². The lowest BCUT2D eigenvalue weighted by molar-refractivity contribution is 1.05. The average molecular weight is 170 g/mol. The van der Waals surface area contributed by atoms with Crippen LogP contribution in [0, 0.1) is 6.92 Å². The molecule has 0 fully saturated rings. The van der Waals surface area contributed by atoms with E-state index in [9.17, 15) is 0 Å². The number of H-pyrrole nitrogens is 1. The molecule has 0 atom stereocenters. The minimum Gasteiger partial charge on any atom is -0.337 e. The van der Waals surface area contributed by atoms with E-state index in [2.05, 4.69) is 15.0 Å². The molecule has 58 valence electrons. The third kappa shape index (κ3) is 3.00. The highest BCUT2D eigenvalue weighted by Gasteiger charge is 1.77. The minimum atomic E-state index is 0.523. The topological polar surface area (TPSA) is 41.6 Å². The molecule has 1 aromatic rings. The summed E-state index contributed by atoms with van der Waals surface area (Å²) >= 11 is 5.67. The van der Waals surface area contributed by atoms with Gasteiger partial charge >= 0.3 is 0 Å². The van der Waals surface area contributed by atoms with Gasteiger partial charge in [0.15, 0.2) is 0 Å². The lowest BCUT2D eigenvalue weighted by Crippen LogP contribution is -1.77. The Kier molecular flexibility index (Phi) is 2.86. The second-order valence-electron chi connectivity index (χ2n) is 1.93. The first-order chi connectivity index (χ1) is 5.29. The van der Waals surface area contributed by atoms with Gasteiger partial charge in [0.2, 0.25) is 0 Å². The van der Waals surface area contributed by atoms with Gasteiger partial charge in [0.05, 0.1) is 6.33 Å². The Hall–Kier alpha value is -1.09. The van der Waals surface area contributed by atoms with Crippen LogP contribution >= 0.6 is 11.6 Å². The summed E-state index contributed by atoms with van der Waals surface area (Å²) in [5.74, 6) is 0.688. The van der Waals surface area contributed by atoms with Gasteiger partial charge in [0.1, 0.15) is 11.0 Å². The predicted octanol–water partition coefficient (Wildman–Crippen LogP) is 1.89. The molecule has 0 aliphatic rings. The highest BCUT2D eigenvalue weighted by atomic mass is 35.5. The van der Waals surface area contributed by atoms with Gasteiger partial charge in [-0.25, -0.2) is 9.97 Å². The van der Waals surface area contributed by atoms with Crippen LogP contribution in [0.15, 0.2) is 24.7 Å². The van der Waals surface area contributed by atoms with Crippen LogP contribution in [0.25, 0.3) is 0 Å². The highest BCUT2D eigenvalue weighted by molar-refractivity contribution is 6.29. The molecule has 0 saturated carbocycles. The van der Waals surface area contributed by atoms with E-state index in [1.165, 1.54) is 6.33 Å². The number of aromatic amines is 1. The van der Waals surface area contributed by atoms with Gasteiger partial charge in [-0.2, -0.15) is 0 Å². The molecule has 3 nitrogen and oxygen atoms in total. The van der Waals surface area contributed by atoms with Gasteiger partial charge in [0, 0.05) is 6.20 Å². The van der Waals surface area contributed by atoms with Gasteiger partial charge in [-0.1, -0.05) is 11.6 Å². The van der Waals surface area contributed by atoms with Gasteiger partial charge in [-0.15, -0.1) is 0 Å². The van der Waals surface area contributed by atoms with Crippen molar-refractivity contribution in [2.45, 2.75) is 6.92 Å². The van der Waals surface area contributed by atoms with Crippen molar-refractivity contribution < 1.29 is 0 Å². The lowest BCUT2D eigenvalue weighted by Gasteiger charge is -1.78. The monoisotopic (exact) mass is 169 g/mol. The Morgan fingerprint density at radius 1 is 1.45 bits per heavy atom. The van der Waals surface area contributed by atoms with Crippen LogP contribution in [0.2, 0.25) is 5.15 Å². The van der Waals surface area contributed by atoms with Gasteiger partial charge in [-0.05, 0) is 19.1 Å². The van der Waals surface area contributed by atoms with Gasteiger partial charge in [-0.3, -0.25) is 0 Å². The van der Waals surface area contributed by atoms with E-state index >= 15 is 0 Å². The predicted molar refractivity (Wildman–Crippen MR) is 43.8 cm³/mol. The molecular weight excluding hydrogens is 162 g/mol. The average Bonchev–Trinajstić information content (AvgIpc) is 2.04. The number of halogens is 1. The van der Waals surface area contributed by atoms with Crippen molar-refractivity contribution in [2.24, 2.45) is 0 Å². The van der Waals surface area contributed by atoms with Crippen LogP contribution in [0.5, 0.6) is 0 Å². The first kappa shape index (κ1) is 8.01. The maximum atomic E-state index is 5.67. The highest BCUT2D eigenvalue weighted by Crippen LogP contribution is 1.95. The van der Waals surface area contributed by atoms with Crippen molar-refractivity contribution in [3.05, 3.63) is 35.6 Å². The number of hydrogen-bond donors (Lipinski definition) is 1. The minimum absolute atomic E-state index is 0.523. The first-order valence-corrected chi connectivity index (χ1v) is 3.52. The SMILES string of the molecule is Cc1ncccc(Cl)[nH]cn1. The van der Waals surface area contributed by atoms with Crippen molar-refractivity contribution in [2.75, 3.05) is 0 Å². The van der Waals surface area contributed by atoms with Crippen molar-refractivity contribution in [3.8, 4) is 0 Å². The normalized spacial score (nSPS) is 8.91. The number of aryl methyl sites for hydroxylation is 1. The molecule has 0 bridgehead atoms. The second kappa shape index (κ2) is 3.93. The number of nitrogens with zero attached hydrogens (tertiary/aromatic N) is 2. The molecule has 0 amide bonds. The second-order valence-corrected chi connectivity index (χ2v) is 2.34. The summed E-state index contributed by atoms with van der Waals surface area (Å²) in [4.78, 5) is 10.7. The smallest absolute Gasteiger partial charge is 0.126 e. The maximum absolute atomic E-state index is 5.67. The number of nitrogens with one attached hydrogen (secondary N) is 1. The van der Waals surface area contributed by atoms with Gasteiger partial charge in [0.25, 0.3) is 0 Å². The van der Waals surface area contributed by atoms with Crippen LogP contribution in [-0.4, -0.2) is 15.0 Å². The summed E-state index contributed by atoms with van der Waals surface area (Å²) < 4.78 is 0. The third-order valence-corrected chi connectivity index (χ3v) is 1.28. The molecule has 1 heterocycles. The summed E-state index contributed by atoms with van der Waals surface area (Å²) in [5.41, 5.74) is 0. The van der Waals surface area contributed by atoms with Crippen LogP contribution in [0.1, 0.15) is 5.82 Å². The fourth-order valence-electron chi connectivity index (χ4n) is 0.547. The van der Waals surface area contributed by atoms with Crippen molar-refractivity contribution in [1.29, 1.82) is 0 Å². The fraction of sp³-hybridized carbons (Fsp3) is 0.143. The third-order valence-electron chi connectivity index (χ3n) is 1.04. The molecule has 0 aromatic carbocycles. The largest absolute Gasteiger partial charge is 0.337 e. The zero-order chi connectivity index (χ0) is 8.10. The molecule has 0 unspecified atom stereocenters. The van der Waals surface area contributed by atoms with Crippen molar-refractivity contribution in [1.82, 2.24) is 15.0 Å². The van der Waals surface area contributed by atoms with Crippen LogP contribution < -0.4 is 0 Å². The van der Waals surface area contributed by atoms with Crippen LogP contribution in [0.3, 0.4) is 0 Å². The lowest BCUT2D eigenvalue weighted by atomic mass is 10.6. The molecule has 0 aliphatic carbocycles. The van der Waals surface area contributed by atoms with Crippen molar-refractivity contribution >= 4 is 11.6 Å². The molecule has 0 saturated heterocycles. The van der Waals surface area contributed by atoms with E-state index in [-0.39, 0.29) is 0 Å². The molecule has 1 N–H and O–H groups in total. The quantitative estimate of drug-likeness (QED) is 0.645. The molecule has 1 aromatic heterocycles. The summed E-state index contributed by atoms with van der Waals surface area (Å²) in [6, 6.07) is 3.45. The molecular formula is C7H8ClN3. The Morgan fingerprint density at radius 2 is 2.27 bits per heavy atom. The van der Waals surface area contributed by atoms with E-state index in [1.54, 1.807) is 18.3 Å². The molecule has 0 spiro atoms. The van der Waals surface area contributed by atoms with E-state index in [4.69, 9.17) is 11.6 Å². The zero-order valence-corrected chi connectivity index (χ0v) is 6.84. The molecule has 11 heavy (non-hydrogen) atoms. The Morgan fingerprint density at radius 3 is 3.09 bits per heavy atom. The van der Waals surface area contributed by atoms with E-state index < -0.39 is 0 Å². The Labute approximate surface area is 69.8 Å². The standard InChI is InChI=1S/C7H8ClN3/c1-6-9-4-2-3-7(8)11-5-10-6/h2-5H,1H3,(H,9,10,11). The Bertz CT molecular complexity index is 254. The van der Waals surface area contributed by atoms with E-state index in [0.29, 0.717) is 11.0 Å². The first-order valence-electron chi connectivity index (χ1n) is 3.15. The molecule has 4 heteroatoms. The number of hydrogen-bond acceptors (Lipinski definition) is 2.